The first-order valence-corrected chi connectivity index (χ1v) is 2.69. The Labute approximate surface area is 48.0 Å². The first-order chi connectivity index (χ1) is 3.93. The van der Waals surface area contributed by atoms with Crippen LogP contribution in [0.25, 0.3) is 0 Å². The van der Waals surface area contributed by atoms with Crippen molar-refractivity contribution >= 4 is 6.29 Å². The summed E-state index contributed by atoms with van der Waals surface area (Å²) < 4.78 is 5.00. The number of carbonyl (C=O) groups excluding carboxylic acids is 1. The van der Waals surface area contributed by atoms with Gasteiger partial charge in [-0.1, -0.05) is 0 Å². The maximum absolute atomic E-state index is 9.70. The summed E-state index contributed by atoms with van der Waals surface area (Å²) in [7, 11) is 0. The van der Waals surface area contributed by atoms with Gasteiger partial charge in [0.1, 0.15) is 12.9 Å². The number of carbonyl (C=O) groups is 1. The number of nitrogens with one attached hydrogen (secondary N) is 1. The number of rotatable bonds is 3. The van der Waals surface area contributed by atoms with Gasteiger partial charge >= 0.3 is 0 Å². The Morgan fingerprint density at radius 2 is 2.50 bits per heavy atom. The monoisotopic (exact) mass is 115 g/mol. The zero-order valence-electron chi connectivity index (χ0n) is 4.59. The molecule has 46 valence electrons. The highest BCUT2D eigenvalue weighted by atomic mass is 16.5. The third-order valence-corrected chi connectivity index (χ3v) is 1.14. The summed E-state index contributed by atoms with van der Waals surface area (Å²) in [6.45, 7) is 2.04. The lowest BCUT2D eigenvalue weighted by atomic mass is 10.2. The molecule has 0 radical (unpaired) electrons. The Morgan fingerprint density at radius 1 is 1.75 bits per heavy atom. The van der Waals surface area contributed by atoms with Crippen LogP contribution in [0.15, 0.2) is 0 Å². The van der Waals surface area contributed by atoms with Gasteiger partial charge in [-0.25, -0.2) is 0 Å². The standard InChI is InChI=1S/C5H9NO2/c7-1-2-8-5-3-6-4-5/h1,5-6H,2-4H2. The van der Waals surface area contributed by atoms with E-state index in [0.29, 0.717) is 6.10 Å². The Morgan fingerprint density at radius 3 is 2.88 bits per heavy atom. The molecule has 0 bridgehead atoms. The second kappa shape index (κ2) is 2.79. The molecule has 1 aliphatic rings. The van der Waals surface area contributed by atoms with Crippen LogP contribution in [0.1, 0.15) is 0 Å². The fourth-order valence-electron chi connectivity index (χ4n) is 0.555. The van der Waals surface area contributed by atoms with Gasteiger partial charge in [-0.05, 0) is 0 Å². The molecule has 0 aromatic rings. The second-order valence-corrected chi connectivity index (χ2v) is 1.78. The summed E-state index contributed by atoms with van der Waals surface area (Å²) in [6.07, 6.45) is 1.07. The van der Waals surface area contributed by atoms with E-state index in [1.165, 1.54) is 0 Å². The molecule has 0 atom stereocenters. The molecular weight excluding hydrogens is 106 g/mol. The molecule has 0 saturated carbocycles. The molecule has 3 nitrogen and oxygen atoms in total. The van der Waals surface area contributed by atoms with E-state index in [1.807, 2.05) is 0 Å². The predicted octanol–water partition coefficient (Wildman–Crippen LogP) is -0.826. The molecule has 3 heteroatoms. The Balaban J connectivity index is 1.93. The molecule has 0 aromatic heterocycles. The van der Waals surface area contributed by atoms with E-state index in [9.17, 15) is 4.79 Å². The van der Waals surface area contributed by atoms with Gasteiger partial charge in [-0.2, -0.15) is 0 Å². The fourth-order valence-corrected chi connectivity index (χ4v) is 0.555. The summed E-state index contributed by atoms with van der Waals surface area (Å²) in [4.78, 5) is 9.70. The smallest absolute Gasteiger partial charge is 0.145 e. The van der Waals surface area contributed by atoms with E-state index < -0.39 is 0 Å². The van der Waals surface area contributed by atoms with Crippen molar-refractivity contribution in [2.75, 3.05) is 19.7 Å². The largest absolute Gasteiger partial charge is 0.368 e. The van der Waals surface area contributed by atoms with Crippen molar-refractivity contribution in [2.45, 2.75) is 6.10 Å². The summed E-state index contributed by atoms with van der Waals surface area (Å²) in [6, 6.07) is 0. The van der Waals surface area contributed by atoms with Gasteiger partial charge in [-0.15, -0.1) is 0 Å². The van der Waals surface area contributed by atoms with E-state index >= 15 is 0 Å². The molecule has 0 aromatic carbocycles. The molecule has 1 saturated heterocycles. The first-order valence-electron chi connectivity index (χ1n) is 2.69. The van der Waals surface area contributed by atoms with Crippen LogP contribution in [0.2, 0.25) is 0 Å². The summed E-state index contributed by atoms with van der Waals surface area (Å²) >= 11 is 0. The molecular formula is C5H9NO2. The van der Waals surface area contributed by atoms with Crippen molar-refractivity contribution in [3.63, 3.8) is 0 Å². The minimum atomic E-state index is 0.242. The number of ether oxygens (including phenoxy) is 1. The van der Waals surface area contributed by atoms with Crippen molar-refractivity contribution in [2.24, 2.45) is 0 Å². The van der Waals surface area contributed by atoms with Crippen LogP contribution in [0, 0.1) is 0 Å². The molecule has 1 rings (SSSR count). The lowest BCUT2D eigenvalue weighted by molar-refractivity contribution is -0.114. The minimum absolute atomic E-state index is 0.242. The van der Waals surface area contributed by atoms with E-state index in [-0.39, 0.29) is 6.61 Å². The lowest BCUT2D eigenvalue weighted by Gasteiger charge is -2.25. The van der Waals surface area contributed by atoms with E-state index in [1.54, 1.807) is 0 Å². The average Bonchev–Trinajstić information content (AvgIpc) is 1.63. The zero-order valence-corrected chi connectivity index (χ0v) is 4.59. The predicted molar refractivity (Wildman–Crippen MR) is 28.7 cm³/mol. The van der Waals surface area contributed by atoms with Gasteiger partial charge in [-0.3, -0.25) is 0 Å². The second-order valence-electron chi connectivity index (χ2n) is 1.78. The quantitative estimate of drug-likeness (QED) is 0.488. The van der Waals surface area contributed by atoms with Gasteiger partial charge < -0.3 is 14.8 Å². The maximum atomic E-state index is 9.70. The van der Waals surface area contributed by atoms with Crippen LogP contribution >= 0.6 is 0 Å². The van der Waals surface area contributed by atoms with Crippen LogP contribution in [0.3, 0.4) is 0 Å². The molecule has 8 heavy (non-hydrogen) atoms. The molecule has 1 heterocycles. The van der Waals surface area contributed by atoms with Gasteiger partial charge in [0.05, 0.1) is 6.10 Å². The summed E-state index contributed by atoms with van der Waals surface area (Å²) in [5.74, 6) is 0. The van der Waals surface area contributed by atoms with E-state index in [0.717, 1.165) is 19.4 Å². The third kappa shape index (κ3) is 1.28. The third-order valence-electron chi connectivity index (χ3n) is 1.14. The molecule has 1 N–H and O–H groups in total. The highest BCUT2D eigenvalue weighted by molar-refractivity contribution is 5.50. The number of hydrogen-bond donors (Lipinski definition) is 1. The zero-order chi connectivity index (χ0) is 5.82. The van der Waals surface area contributed by atoms with E-state index in [4.69, 9.17) is 4.74 Å². The van der Waals surface area contributed by atoms with Crippen molar-refractivity contribution in [3.8, 4) is 0 Å². The SMILES string of the molecule is O=CCOC1CNC1. The topological polar surface area (TPSA) is 38.3 Å². The van der Waals surface area contributed by atoms with Crippen LogP contribution in [-0.4, -0.2) is 32.1 Å². The van der Waals surface area contributed by atoms with Crippen molar-refractivity contribution in [3.05, 3.63) is 0 Å². The first kappa shape index (κ1) is 5.72. The molecule has 1 aliphatic heterocycles. The van der Waals surface area contributed by atoms with Crippen molar-refractivity contribution < 1.29 is 9.53 Å². The van der Waals surface area contributed by atoms with Crippen molar-refractivity contribution in [1.82, 2.24) is 5.32 Å². The lowest BCUT2D eigenvalue weighted by Crippen LogP contribution is -2.48. The van der Waals surface area contributed by atoms with E-state index in [2.05, 4.69) is 5.32 Å². The Kier molecular flexibility index (Phi) is 2.00. The number of hydrogen-bond acceptors (Lipinski definition) is 3. The highest BCUT2D eigenvalue weighted by Crippen LogP contribution is 1.95. The molecule has 1 fully saturated rings. The molecule has 0 spiro atoms. The van der Waals surface area contributed by atoms with Crippen molar-refractivity contribution in [1.29, 1.82) is 0 Å². The highest BCUT2D eigenvalue weighted by Gasteiger charge is 2.15. The molecule has 0 amide bonds. The minimum Gasteiger partial charge on any atom is -0.368 e. The van der Waals surface area contributed by atoms with Gasteiger partial charge in [0.2, 0.25) is 0 Å². The average molecular weight is 115 g/mol. The fraction of sp³-hybridized carbons (Fsp3) is 0.800. The van der Waals surface area contributed by atoms with Crippen LogP contribution < -0.4 is 5.32 Å². The van der Waals surface area contributed by atoms with Gasteiger partial charge in [0, 0.05) is 13.1 Å². The summed E-state index contributed by atoms with van der Waals surface area (Å²) in [5.41, 5.74) is 0. The maximum Gasteiger partial charge on any atom is 0.145 e. The Hall–Kier alpha value is -0.410. The van der Waals surface area contributed by atoms with Crippen LogP contribution in [0.4, 0.5) is 0 Å². The number of aldehydes is 1. The van der Waals surface area contributed by atoms with Crippen LogP contribution in [-0.2, 0) is 9.53 Å². The normalized spacial score (nSPS) is 20.0. The van der Waals surface area contributed by atoms with Gasteiger partial charge in [0.25, 0.3) is 0 Å². The molecule has 0 unspecified atom stereocenters. The van der Waals surface area contributed by atoms with Crippen LogP contribution in [0.5, 0.6) is 0 Å². The molecule has 0 aliphatic carbocycles. The Bertz CT molecular complexity index is 80.5. The van der Waals surface area contributed by atoms with Gasteiger partial charge in [0.15, 0.2) is 0 Å². The summed E-state index contributed by atoms with van der Waals surface area (Å²) in [5, 5.41) is 3.03.